The van der Waals surface area contributed by atoms with Crippen LogP contribution in [-0.2, 0) is 6.54 Å². The fraction of sp³-hybridized carbons (Fsp3) is 0.250. The maximum atomic E-state index is 5.68. The molecule has 9 nitrogen and oxygen atoms in total. The van der Waals surface area contributed by atoms with Gasteiger partial charge in [-0.15, -0.1) is 0 Å². The first-order valence-electron chi connectivity index (χ1n) is 10.6. The maximum Gasteiger partial charge on any atom is 0.209 e. The minimum absolute atomic E-state index is 0.491. The van der Waals surface area contributed by atoms with Crippen LogP contribution in [0.5, 0.6) is 5.75 Å². The smallest absolute Gasteiger partial charge is 0.209 e. The molecule has 0 bridgehead atoms. The number of hydrogen-bond donors (Lipinski definition) is 2. The van der Waals surface area contributed by atoms with Gasteiger partial charge in [0.2, 0.25) is 11.9 Å². The van der Waals surface area contributed by atoms with E-state index in [0.29, 0.717) is 12.5 Å². The molecule has 0 aliphatic rings. The molecular formula is C24H28N8O. The molecule has 1 aromatic carbocycles. The van der Waals surface area contributed by atoms with Crippen molar-refractivity contribution in [1.82, 2.24) is 28.7 Å². The van der Waals surface area contributed by atoms with E-state index < -0.39 is 0 Å². The van der Waals surface area contributed by atoms with E-state index in [2.05, 4.69) is 25.3 Å². The molecule has 5 aromatic rings. The third-order valence-corrected chi connectivity index (χ3v) is 5.45. The average molecular weight is 445 g/mol. The summed E-state index contributed by atoms with van der Waals surface area (Å²) in [6.07, 6.45) is 3.50. The molecule has 0 saturated carbocycles. The predicted molar refractivity (Wildman–Crippen MR) is 130 cm³/mol. The van der Waals surface area contributed by atoms with Gasteiger partial charge in [-0.1, -0.05) is 12.1 Å². The molecule has 0 unspecified atom stereocenters. The van der Waals surface area contributed by atoms with Crippen molar-refractivity contribution >= 4 is 22.9 Å². The van der Waals surface area contributed by atoms with E-state index in [-0.39, 0.29) is 0 Å². The van der Waals surface area contributed by atoms with Crippen LogP contribution in [-0.4, -0.2) is 35.8 Å². The van der Waals surface area contributed by atoms with Crippen LogP contribution in [0.3, 0.4) is 0 Å². The number of nitrogens with two attached hydrogens (primary N) is 1. The first kappa shape index (κ1) is 22.1. The molecular weight excluding hydrogens is 416 g/mol. The van der Waals surface area contributed by atoms with E-state index in [4.69, 9.17) is 10.5 Å². The Hall–Kier alpha value is -4.14. The molecule has 0 aliphatic carbocycles. The molecule has 4 heterocycles. The monoisotopic (exact) mass is 444 g/mol. The molecule has 0 aliphatic heterocycles. The normalized spacial score (nSPS) is 10.8. The van der Waals surface area contributed by atoms with Gasteiger partial charge in [-0.2, -0.15) is 0 Å². The molecule has 0 amide bonds. The third kappa shape index (κ3) is 4.43. The minimum atomic E-state index is 0.491. The molecule has 0 spiro atoms. The van der Waals surface area contributed by atoms with Crippen molar-refractivity contribution in [2.75, 3.05) is 18.2 Å². The van der Waals surface area contributed by atoms with Gasteiger partial charge >= 0.3 is 0 Å². The van der Waals surface area contributed by atoms with Crippen LogP contribution in [0, 0.1) is 27.7 Å². The zero-order valence-electron chi connectivity index (χ0n) is 19.5. The van der Waals surface area contributed by atoms with Gasteiger partial charge in [0.25, 0.3) is 0 Å². The van der Waals surface area contributed by atoms with E-state index in [1.807, 2.05) is 72.9 Å². The minimum Gasteiger partial charge on any atom is -0.497 e. The Balaban J connectivity index is 0.000000183. The highest BCUT2D eigenvalue weighted by Gasteiger charge is 2.09. The van der Waals surface area contributed by atoms with Crippen LogP contribution in [0.15, 0.2) is 48.8 Å². The van der Waals surface area contributed by atoms with Gasteiger partial charge in [0.05, 0.1) is 29.5 Å². The fourth-order valence-corrected chi connectivity index (χ4v) is 3.85. The zero-order valence-corrected chi connectivity index (χ0v) is 19.5. The van der Waals surface area contributed by atoms with Crippen molar-refractivity contribution in [2.45, 2.75) is 34.2 Å². The second kappa shape index (κ2) is 9.15. The van der Waals surface area contributed by atoms with Crippen LogP contribution < -0.4 is 15.8 Å². The number of hydrogen-bond acceptors (Lipinski definition) is 7. The van der Waals surface area contributed by atoms with Gasteiger partial charge in [0, 0.05) is 18.9 Å². The van der Waals surface area contributed by atoms with Crippen molar-refractivity contribution in [2.24, 2.45) is 0 Å². The summed E-state index contributed by atoms with van der Waals surface area (Å²) in [5.74, 6) is 3.98. The van der Waals surface area contributed by atoms with E-state index in [1.165, 1.54) is 5.56 Å². The van der Waals surface area contributed by atoms with Crippen molar-refractivity contribution < 1.29 is 4.74 Å². The van der Waals surface area contributed by atoms with Crippen molar-refractivity contribution in [3.8, 4) is 5.75 Å². The Kier molecular flexibility index (Phi) is 6.12. The Morgan fingerprint density at radius 1 is 0.818 bits per heavy atom. The maximum absolute atomic E-state index is 5.68. The number of nitrogen functional groups attached to an aromatic ring is 1. The lowest BCUT2D eigenvalue weighted by Crippen LogP contribution is -2.07. The summed E-state index contributed by atoms with van der Waals surface area (Å²) in [5.41, 5.74) is 11.0. The van der Waals surface area contributed by atoms with Gasteiger partial charge in [-0.3, -0.25) is 8.80 Å². The number of benzene rings is 1. The number of rotatable bonds is 4. The highest BCUT2D eigenvalue weighted by molar-refractivity contribution is 5.56. The number of nitrogens with zero attached hydrogens (tertiary/aromatic N) is 6. The number of fused-ring (bicyclic) bond motifs is 2. The Bertz CT molecular complexity index is 1400. The average Bonchev–Trinajstić information content (AvgIpc) is 3.28. The lowest BCUT2D eigenvalue weighted by molar-refractivity contribution is 0.414. The Morgan fingerprint density at radius 3 is 2.00 bits per heavy atom. The zero-order chi connectivity index (χ0) is 23.5. The van der Waals surface area contributed by atoms with Crippen molar-refractivity contribution in [1.29, 1.82) is 0 Å². The third-order valence-electron chi connectivity index (χ3n) is 5.45. The lowest BCUT2D eigenvalue weighted by atomic mass is 10.2. The summed E-state index contributed by atoms with van der Waals surface area (Å²) in [4.78, 5) is 17.2. The van der Waals surface area contributed by atoms with Crippen LogP contribution in [0.1, 0.15) is 28.6 Å². The van der Waals surface area contributed by atoms with Crippen molar-refractivity contribution in [3.63, 3.8) is 0 Å². The quantitative estimate of drug-likeness (QED) is 0.433. The standard InChI is InChI=1S/C16H18N4O.C8H10N4/c1-11-15-8-9-17-16(20(15)12(2)19-11)18-10-13-4-6-14(21-3)7-5-13;1-5-7-3-4-10-8(9)12(7)6(2)11-5/h4-9H,10H2,1-3H3,(H,17,18);3-4H,1-2H3,(H2,9,10). The Labute approximate surface area is 192 Å². The van der Waals surface area contributed by atoms with Gasteiger partial charge in [0.1, 0.15) is 17.4 Å². The van der Waals surface area contributed by atoms with Crippen LogP contribution in [0.4, 0.5) is 11.9 Å². The highest BCUT2D eigenvalue weighted by Crippen LogP contribution is 2.18. The molecule has 170 valence electrons. The lowest BCUT2D eigenvalue weighted by Gasteiger charge is -2.09. The number of methoxy groups -OCH3 is 1. The fourth-order valence-electron chi connectivity index (χ4n) is 3.85. The number of anilines is 2. The molecule has 0 saturated heterocycles. The largest absolute Gasteiger partial charge is 0.497 e. The molecule has 0 radical (unpaired) electrons. The van der Waals surface area contributed by atoms with E-state index in [9.17, 15) is 0 Å². The van der Waals surface area contributed by atoms with Crippen LogP contribution in [0.2, 0.25) is 0 Å². The number of imidazole rings is 2. The summed E-state index contributed by atoms with van der Waals surface area (Å²) < 4.78 is 9.05. The summed E-state index contributed by atoms with van der Waals surface area (Å²) >= 11 is 0. The van der Waals surface area contributed by atoms with E-state index >= 15 is 0 Å². The van der Waals surface area contributed by atoms with Gasteiger partial charge in [-0.25, -0.2) is 19.9 Å². The molecule has 4 aromatic heterocycles. The molecule has 5 rings (SSSR count). The summed E-state index contributed by atoms with van der Waals surface area (Å²) in [5, 5.41) is 3.37. The molecule has 3 N–H and O–H groups in total. The number of nitrogens with one attached hydrogen (secondary N) is 1. The first-order valence-corrected chi connectivity index (χ1v) is 10.6. The molecule has 33 heavy (non-hydrogen) atoms. The number of aryl methyl sites for hydroxylation is 4. The van der Waals surface area contributed by atoms with Crippen molar-refractivity contribution in [3.05, 3.63) is 77.4 Å². The van der Waals surface area contributed by atoms with Gasteiger partial charge in [-0.05, 0) is 57.5 Å². The number of ether oxygens (including phenoxy) is 1. The Morgan fingerprint density at radius 2 is 1.39 bits per heavy atom. The number of aromatic nitrogens is 6. The van der Waals surface area contributed by atoms with E-state index in [0.717, 1.165) is 45.8 Å². The summed E-state index contributed by atoms with van der Waals surface area (Å²) in [7, 11) is 1.67. The SMILES string of the molecule is COc1ccc(CNc2nccc3c(C)nc(C)n23)cc1.Cc1nc(C)n2c(N)nccc12. The molecule has 0 atom stereocenters. The van der Waals surface area contributed by atoms with Crippen LogP contribution >= 0.6 is 0 Å². The van der Waals surface area contributed by atoms with Gasteiger partial charge in [0.15, 0.2) is 0 Å². The predicted octanol–water partition coefficient (Wildman–Crippen LogP) is 3.90. The second-order valence-corrected chi connectivity index (χ2v) is 7.70. The molecule has 0 fully saturated rings. The topological polar surface area (TPSA) is 108 Å². The van der Waals surface area contributed by atoms with Gasteiger partial charge < -0.3 is 15.8 Å². The molecule has 9 heteroatoms. The van der Waals surface area contributed by atoms with Crippen LogP contribution in [0.25, 0.3) is 11.0 Å². The second-order valence-electron chi connectivity index (χ2n) is 7.70. The van der Waals surface area contributed by atoms with E-state index in [1.54, 1.807) is 19.5 Å². The summed E-state index contributed by atoms with van der Waals surface area (Å²) in [6, 6.07) is 11.9. The first-order chi connectivity index (χ1) is 15.9. The highest BCUT2D eigenvalue weighted by atomic mass is 16.5. The summed E-state index contributed by atoms with van der Waals surface area (Å²) in [6.45, 7) is 8.57.